The van der Waals surface area contributed by atoms with Gasteiger partial charge >= 0.3 is 119 Å². The van der Waals surface area contributed by atoms with Crippen molar-refractivity contribution in [3.05, 3.63) is 65.2 Å². The molecule has 1 N–H and O–H groups in total. The zero-order chi connectivity index (χ0) is 13.8. The number of hydrogen-bond donors (Lipinski definition) is 1. The Morgan fingerprint density at radius 3 is 1.95 bits per heavy atom. The summed E-state index contributed by atoms with van der Waals surface area (Å²) in [6.45, 7) is 1.99. The molecule has 3 nitrogen and oxygen atoms in total. The molecule has 2 aromatic carbocycles. The molecule has 2 aromatic rings. The maximum absolute atomic E-state index is 12.0. The third-order valence-corrected chi connectivity index (χ3v) is 3.19. The third-order valence-electron chi connectivity index (χ3n) is 2.69. The van der Waals surface area contributed by atoms with Crippen LogP contribution in [0.5, 0.6) is 0 Å². The summed E-state index contributed by atoms with van der Waals surface area (Å²) < 4.78 is -0.134. The quantitative estimate of drug-likeness (QED) is 0.885. The third kappa shape index (κ3) is 3.53. The minimum atomic E-state index is -0.192. The van der Waals surface area contributed by atoms with Crippen LogP contribution >= 0.6 is 0 Å². The van der Waals surface area contributed by atoms with Gasteiger partial charge in [-0.05, 0) is 0 Å². The Morgan fingerprint density at radius 1 is 0.895 bits per heavy atom. The summed E-state index contributed by atoms with van der Waals surface area (Å²) in [7, 11) is 0. The van der Waals surface area contributed by atoms with Crippen LogP contribution in [-0.4, -0.2) is 26.6 Å². The Hall–Kier alpha value is -1.90. The van der Waals surface area contributed by atoms with Gasteiger partial charge in [0, 0.05) is 0 Å². The molecule has 0 unspecified atom stereocenters. The van der Waals surface area contributed by atoms with Crippen LogP contribution in [0.2, 0.25) is 0 Å². The summed E-state index contributed by atoms with van der Waals surface area (Å²) in [6, 6.07) is 14.1. The van der Waals surface area contributed by atoms with Crippen molar-refractivity contribution in [1.29, 1.82) is 0 Å². The predicted molar refractivity (Wildman–Crippen MR) is 75.7 cm³/mol. The molecule has 95 valence electrons. The van der Waals surface area contributed by atoms with Crippen LogP contribution < -0.4 is 5.32 Å². The van der Waals surface area contributed by atoms with Gasteiger partial charge in [0.2, 0.25) is 0 Å². The van der Waals surface area contributed by atoms with Crippen LogP contribution in [0.4, 0.5) is 5.69 Å². The second-order valence-corrected chi connectivity index (χ2v) is 4.96. The molecule has 19 heavy (non-hydrogen) atoms. The van der Waals surface area contributed by atoms with Crippen LogP contribution in [0.15, 0.2) is 48.5 Å². The van der Waals surface area contributed by atoms with Crippen molar-refractivity contribution < 1.29 is 9.59 Å². The normalized spacial score (nSPS) is 9.95. The Labute approximate surface area is 119 Å². The molecule has 0 heterocycles. The SMILES string of the molecule is Cc1ccc(NC(=O)c2ccc(C(=O)[Se])cc2)cc1. The van der Waals surface area contributed by atoms with Crippen LogP contribution in [0.25, 0.3) is 0 Å². The molecule has 0 spiro atoms. The monoisotopic (exact) mass is 318 g/mol. The number of nitrogens with one attached hydrogen (secondary N) is 1. The Morgan fingerprint density at radius 2 is 1.42 bits per heavy atom. The first-order valence-electron chi connectivity index (χ1n) is 5.76. The predicted octanol–water partition coefficient (Wildman–Crippen LogP) is 2.56. The van der Waals surface area contributed by atoms with Crippen molar-refractivity contribution in [1.82, 2.24) is 0 Å². The molecule has 4 heteroatoms. The standard InChI is InChI=1S/C15H12NO2Se/c1-10-2-8-13(9-3-10)16-14(17)11-4-6-12(7-5-11)15(18)19/h2-9H,1H3,(H,16,17). The van der Waals surface area contributed by atoms with Crippen molar-refractivity contribution in [2.45, 2.75) is 6.92 Å². The molecule has 0 aliphatic rings. The van der Waals surface area contributed by atoms with E-state index in [1.165, 1.54) is 0 Å². The molecule has 1 amide bonds. The molecule has 1 radical (unpaired) electrons. The van der Waals surface area contributed by atoms with Crippen LogP contribution in [-0.2, 0) is 0 Å². The van der Waals surface area contributed by atoms with Crippen LogP contribution in [0.1, 0.15) is 26.3 Å². The fraction of sp³-hybridized carbons (Fsp3) is 0.0667. The van der Waals surface area contributed by atoms with E-state index < -0.39 is 0 Å². The summed E-state index contributed by atoms with van der Waals surface area (Å²) in [6.07, 6.45) is 0. The van der Waals surface area contributed by atoms with E-state index in [0.29, 0.717) is 11.1 Å². The zero-order valence-electron chi connectivity index (χ0n) is 10.3. The number of benzene rings is 2. The molecule has 0 fully saturated rings. The molecule has 2 rings (SSSR count). The fourth-order valence-corrected chi connectivity index (χ4v) is 1.88. The maximum atomic E-state index is 12.0. The summed E-state index contributed by atoms with van der Waals surface area (Å²) in [4.78, 5) is 23.1. The van der Waals surface area contributed by atoms with Gasteiger partial charge in [-0.2, -0.15) is 0 Å². The number of hydrogen-bond acceptors (Lipinski definition) is 2. The fourth-order valence-electron chi connectivity index (χ4n) is 1.60. The van der Waals surface area contributed by atoms with Gasteiger partial charge in [-0.1, -0.05) is 0 Å². The van der Waals surface area contributed by atoms with E-state index in [-0.39, 0.29) is 10.6 Å². The zero-order valence-corrected chi connectivity index (χ0v) is 12.1. The van der Waals surface area contributed by atoms with E-state index in [9.17, 15) is 9.59 Å². The molecule has 0 aromatic heterocycles. The number of rotatable bonds is 3. The molecule has 0 aliphatic carbocycles. The number of anilines is 1. The first-order valence-corrected chi connectivity index (χ1v) is 6.61. The van der Waals surface area contributed by atoms with Gasteiger partial charge in [0.05, 0.1) is 0 Å². The van der Waals surface area contributed by atoms with E-state index in [1.807, 2.05) is 31.2 Å². The Bertz CT molecular complexity index is 603. The summed E-state index contributed by atoms with van der Waals surface area (Å²) >= 11 is 2.41. The van der Waals surface area contributed by atoms with Crippen molar-refractivity contribution in [3.8, 4) is 0 Å². The van der Waals surface area contributed by atoms with Gasteiger partial charge < -0.3 is 0 Å². The van der Waals surface area contributed by atoms with Gasteiger partial charge in [-0.25, -0.2) is 0 Å². The first kappa shape index (κ1) is 13.5. The van der Waals surface area contributed by atoms with E-state index >= 15 is 0 Å². The summed E-state index contributed by atoms with van der Waals surface area (Å²) in [5.41, 5.74) is 2.96. The molecular formula is C15H12NO2Se. The van der Waals surface area contributed by atoms with Crippen molar-refractivity contribution >= 4 is 32.3 Å². The molecule has 0 aliphatic heterocycles. The van der Waals surface area contributed by atoms with E-state index in [0.717, 1.165) is 11.3 Å². The van der Waals surface area contributed by atoms with Gasteiger partial charge in [0.25, 0.3) is 0 Å². The topological polar surface area (TPSA) is 46.2 Å². The molecule has 0 saturated carbocycles. The van der Waals surface area contributed by atoms with Crippen LogP contribution in [0, 0.1) is 6.92 Å². The van der Waals surface area contributed by atoms with Gasteiger partial charge in [-0.3, -0.25) is 0 Å². The molecule has 0 atom stereocenters. The Kier molecular flexibility index (Phi) is 4.15. The van der Waals surface area contributed by atoms with Crippen molar-refractivity contribution in [3.63, 3.8) is 0 Å². The second-order valence-electron chi connectivity index (χ2n) is 4.18. The average Bonchev–Trinajstić information content (AvgIpc) is 2.41. The van der Waals surface area contributed by atoms with Crippen molar-refractivity contribution in [2.24, 2.45) is 0 Å². The van der Waals surface area contributed by atoms with Crippen molar-refractivity contribution in [2.75, 3.05) is 5.32 Å². The second kappa shape index (κ2) is 5.83. The van der Waals surface area contributed by atoms with Gasteiger partial charge in [0.1, 0.15) is 0 Å². The molecule has 0 bridgehead atoms. The van der Waals surface area contributed by atoms with Crippen LogP contribution in [0.3, 0.4) is 0 Å². The van der Waals surface area contributed by atoms with Gasteiger partial charge in [0.15, 0.2) is 0 Å². The number of carbonyl (C=O) groups excluding carboxylic acids is 2. The summed E-state index contributed by atoms with van der Waals surface area (Å²) in [5.74, 6) is -0.192. The molecule has 0 saturated heterocycles. The molecular weight excluding hydrogens is 305 g/mol. The number of carbonyl (C=O) groups is 2. The van der Waals surface area contributed by atoms with Gasteiger partial charge in [-0.15, -0.1) is 0 Å². The van der Waals surface area contributed by atoms with E-state index in [1.54, 1.807) is 24.3 Å². The van der Waals surface area contributed by atoms with E-state index in [2.05, 4.69) is 21.3 Å². The number of aryl methyl sites for hydroxylation is 1. The number of amides is 1. The van der Waals surface area contributed by atoms with E-state index in [4.69, 9.17) is 0 Å². The average molecular weight is 317 g/mol. The first-order chi connectivity index (χ1) is 9.06. The summed E-state index contributed by atoms with van der Waals surface area (Å²) in [5, 5.41) is 2.80. The Balaban J connectivity index is 2.11. The minimum absolute atomic E-state index is 0.134.